The number of hydrogen-bond donors (Lipinski definition) is 1. The Kier molecular flexibility index (Phi) is 3.87. The first-order chi connectivity index (χ1) is 9.63. The summed E-state index contributed by atoms with van der Waals surface area (Å²) in [5.74, 6) is 1.17. The van der Waals surface area contributed by atoms with Gasteiger partial charge in [0.15, 0.2) is 0 Å². The van der Waals surface area contributed by atoms with Gasteiger partial charge in [-0.1, -0.05) is 35.2 Å². The van der Waals surface area contributed by atoms with E-state index in [1.165, 1.54) is 43.4 Å². The lowest BCUT2D eigenvalue weighted by Gasteiger charge is -2.36. The van der Waals surface area contributed by atoms with Crippen LogP contribution in [-0.4, -0.2) is 16.1 Å². The number of imidazole rings is 1. The number of nitrogens with two attached hydrogens (primary N) is 1. The highest BCUT2D eigenvalue weighted by atomic mass is 79.9. The second-order valence-corrected chi connectivity index (χ2v) is 7.08. The molecule has 4 heteroatoms. The molecule has 1 aliphatic rings. The minimum absolute atomic E-state index is 0.268. The van der Waals surface area contributed by atoms with Crippen LogP contribution in [0.3, 0.4) is 0 Å². The molecule has 3 nitrogen and oxygen atoms in total. The molecule has 1 fully saturated rings. The van der Waals surface area contributed by atoms with Gasteiger partial charge in [-0.3, -0.25) is 0 Å². The average Bonchev–Trinajstić information content (AvgIpc) is 2.75. The number of aryl methyl sites for hydroxylation is 1. The van der Waals surface area contributed by atoms with Crippen molar-refractivity contribution in [3.8, 4) is 0 Å². The molecule has 0 aliphatic heterocycles. The fraction of sp³-hybridized carbons (Fsp3) is 0.562. The number of benzene rings is 1. The fourth-order valence-electron chi connectivity index (χ4n) is 3.47. The van der Waals surface area contributed by atoms with Crippen LogP contribution in [0.2, 0.25) is 0 Å². The minimum atomic E-state index is 0.268. The van der Waals surface area contributed by atoms with Crippen molar-refractivity contribution in [1.29, 1.82) is 0 Å². The van der Waals surface area contributed by atoms with Crippen molar-refractivity contribution in [2.24, 2.45) is 18.2 Å². The molecule has 0 saturated heterocycles. The highest BCUT2D eigenvalue weighted by molar-refractivity contribution is 9.10. The van der Waals surface area contributed by atoms with E-state index in [0.717, 1.165) is 23.0 Å². The van der Waals surface area contributed by atoms with Gasteiger partial charge in [-0.2, -0.15) is 0 Å². The number of aromatic nitrogens is 2. The van der Waals surface area contributed by atoms with Crippen LogP contribution >= 0.6 is 15.9 Å². The monoisotopic (exact) mass is 335 g/mol. The normalized spacial score (nSPS) is 18.6. The Hall–Kier alpha value is -0.870. The summed E-state index contributed by atoms with van der Waals surface area (Å²) in [4.78, 5) is 4.84. The molecule has 0 amide bonds. The maximum Gasteiger partial charge on any atom is 0.110 e. The summed E-state index contributed by atoms with van der Waals surface area (Å²) in [6, 6.07) is 6.30. The third-order valence-corrected chi connectivity index (χ3v) is 5.31. The van der Waals surface area contributed by atoms with E-state index in [1.807, 2.05) is 0 Å². The molecule has 108 valence electrons. The summed E-state index contributed by atoms with van der Waals surface area (Å²) in [6.45, 7) is 0.778. The van der Waals surface area contributed by atoms with Gasteiger partial charge in [0.25, 0.3) is 0 Å². The molecule has 0 atom stereocenters. The van der Waals surface area contributed by atoms with E-state index in [-0.39, 0.29) is 5.41 Å². The molecular weight excluding hydrogens is 314 g/mol. The van der Waals surface area contributed by atoms with Gasteiger partial charge >= 0.3 is 0 Å². The molecule has 0 radical (unpaired) electrons. The van der Waals surface area contributed by atoms with Gasteiger partial charge in [-0.15, -0.1) is 0 Å². The van der Waals surface area contributed by atoms with Crippen molar-refractivity contribution in [3.63, 3.8) is 0 Å². The molecule has 3 rings (SSSR count). The van der Waals surface area contributed by atoms with Crippen LogP contribution in [0, 0.1) is 5.41 Å². The molecule has 1 aliphatic carbocycles. The Morgan fingerprint density at radius 1 is 1.30 bits per heavy atom. The highest BCUT2D eigenvalue weighted by Crippen LogP contribution is 2.38. The van der Waals surface area contributed by atoms with Crippen molar-refractivity contribution < 1.29 is 0 Å². The van der Waals surface area contributed by atoms with Crippen molar-refractivity contribution in [3.05, 3.63) is 28.5 Å². The third kappa shape index (κ3) is 2.51. The average molecular weight is 336 g/mol. The Morgan fingerprint density at radius 3 is 2.75 bits per heavy atom. The summed E-state index contributed by atoms with van der Waals surface area (Å²) in [7, 11) is 2.12. The second-order valence-electron chi connectivity index (χ2n) is 6.16. The van der Waals surface area contributed by atoms with Crippen molar-refractivity contribution in [2.45, 2.75) is 38.5 Å². The van der Waals surface area contributed by atoms with E-state index in [0.29, 0.717) is 0 Å². The van der Waals surface area contributed by atoms with Crippen molar-refractivity contribution in [1.82, 2.24) is 9.55 Å². The second kappa shape index (κ2) is 5.49. The molecular formula is C16H22BrN3. The maximum absolute atomic E-state index is 6.11. The van der Waals surface area contributed by atoms with Gasteiger partial charge in [0, 0.05) is 17.9 Å². The van der Waals surface area contributed by atoms with Crippen LogP contribution in [0.25, 0.3) is 11.0 Å². The van der Waals surface area contributed by atoms with Crippen LogP contribution in [-0.2, 0) is 13.5 Å². The third-order valence-electron chi connectivity index (χ3n) is 4.82. The molecule has 1 aromatic heterocycles. The Balaban J connectivity index is 1.95. The molecule has 20 heavy (non-hydrogen) atoms. The number of fused-ring (bicyclic) bond motifs is 1. The maximum atomic E-state index is 6.11. The van der Waals surface area contributed by atoms with E-state index in [1.54, 1.807) is 0 Å². The summed E-state index contributed by atoms with van der Waals surface area (Å²) >= 11 is 3.52. The molecule has 0 spiro atoms. The summed E-state index contributed by atoms with van der Waals surface area (Å²) in [5.41, 5.74) is 8.65. The van der Waals surface area contributed by atoms with Crippen LogP contribution in [0.5, 0.6) is 0 Å². The van der Waals surface area contributed by atoms with E-state index >= 15 is 0 Å². The zero-order valence-electron chi connectivity index (χ0n) is 12.0. The number of nitrogens with zero attached hydrogens (tertiary/aromatic N) is 2. The predicted octanol–water partition coefficient (Wildman–Crippen LogP) is 3.79. The first-order valence-electron chi connectivity index (χ1n) is 7.44. The Morgan fingerprint density at radius 2 is 2.05 bits per heavy atom. The van der Waals surface area contributed by atoms with E-state index in [9.17, 15) is 0 Å². The van der Waals surface area contributed by atoms with E-state index < -0.39 is 0 Å². The molecule has 1 aromatic carbocycles. The zero-order chi connectivity index (χ0) is 14.2. The highest BCUT2D eigenvalue weighted by Gasteiger charge is 2.32. The van der Waals surface area contributed by atoms with Crippen LogP contribution in [0.15, 0.2) is 22.7 Å². The molecule has 1 heterocycles. The largest absolute Gasteiger partial charge is 0.331 e. The van der Waals surface area contributed by atoms with Gasteiger partial charge in [0.1, 0.15) is 5.82 Å². The fourth-order valence-corrected chi connectivity index (χ4v) is 3.82. The van der Waals surface area contributed by atoms with Gasteiger partial charge < -0.3 is 10.3 Å². The smallest absolute Gasteiger partial charge is 0.110 e. The lowest BCUT2D eigenvalue weighted by molar-refractivity contribution is 0.192. The van der Waals surface area contributed by atoms with Gasteiger partial charge in [-0.25, -0.2) is 4.98 Å². The molecule has 0 unspecified atom stereocenters. The molecule has 0 bridgehead atoms. The van der Waals surface area contributed by atoms with Crippen molar-refractivity contribution >= 4 is 27.0 Å². The molecule has 2 N–H and O–H groups in total. The molecule has 1 saturated carbocycles. The SMILES string of the molecule is Cn1c(CC2(CN)CCCCC2)nc2cc(Br)ccc21. The summed E-state index contributed by atoms with van der Waals surface area (Å²) in [5, 5.41) is 0. The molecule has 2 aromatic rings. The number of rotatable bonds is 3. The predicted molar refractivity (Wildman–Crippen MR) is 86.7 cm³/mol. The first kappa shape index (κ1) is 14.1. The van der Waals surface area contributed by atoms with Crippen LogP contribution in [0.1, 0.15) is 37.9 Å². The van der Waals surface area contributed by atoms with Crippen LogP contribution < -0.4 is 5.73 Å². The number of hydrogen-bond acceptors (Lipinski definition) is 2. The summed E-state index contributed by atoms with van der Waals surface area (Å²) in [6.07, 6.45) is 7.48. The van der Waals surface area contributed by atoms with Crippen LogP contribution in [0.4, 0.5) is 0 Å². The first-order valence-corrected chi connectivity index (χ1v) is 8.24. The van der Waals surface area contributed by atoms with E-state index in [4.69, 9.17) is 10.7 Å². The quantitative estimate of drug-likeness (QED) is 0.927. The minimum Gasteiger partial charge on any atom is -0.331 e. The number of halogens is 1. The van der Waals surface area contributed by atoms with Gasteiger partial charge in [0.05, 0.1) is 11.0 Å². The van der Waals surface area contributed by atoms with Gasteiger partial charge in [-0.05, 0) is 43.0 Å². The summed E-state index contributed by atoms with van der Waals surface area (Å²) < 4.78 is 3.31. The Bertz CT molecular complexity index is 611. The lowest BCUT2D eigenvalue weighted by atomic mass is 9.71. The van der Waals surface area contributed by atoms with Crippen molar-refractivity contribution in [2.75, 3.05) is 6.54 Å². The zero-order valence-corrected chi connectivity index (χ0v) is 13.6. The van der Waals surface area contributed by atoms with Gasteiger partial charge in [0.2, 0.25) is 0 Å². The topological polar surface area (TPSA) is 43.8 Å². The standard InChI is InChI=1S/C16H22BrN3/c1-20-14-6-5-12(17)9-13(14)19-15(20)10-16(11-18)7-3-2-4-8-16/h5-6,9H,2-4,7-8,10-11,18H2,1H3. The van der Waals surface area contributed by atoms with E-state index in [2.05, 4.69) is 45.7 Å². The Labute approximate surface area is 128 Å². The lowest BCUT2D eigenvalue weighted by Crippen LogP contribution is -2.35.